The molecular formula is C28H25FN2O6S. The van der Waals surface area contributed by atoms with Crippen molar-refractivity contribution in [1.82, 2.24) is 9.71 Å². The standard InChI is InChI=1S/C28H25FN2O6S/c1-16-11-17(2)26(18(3)12-16)37-28-22(27(33)31-38(34,35)25-8-6-5-7-24(25)32)9-10-23(30-28)19-13-20(29)15-21(14-19)36-4/h5-6,8-15H,7H2,1-4H3,(H,31,33). The largest absolute Gasteiger partial charge is 0.497 e. The van der Waals surface area contributed by atoms with Gasteiger partial charge in [-0.1, -0.05) is 29.8 Å². The molecule has 3 aromatic rings. The Hall–Kier alpha value is -4.31. The van der Waals surface area contributed by atoms with Crippen LogP contribution in [0.4, 0.5) is 4.39 Å². The number of rotatable bonds is 7. The number of ether oxygens (including phenoxy) is 2. The lowest BCUT2D eigenvalue weighted by molar-refractivity contribution is -0.114. The summed E-state index contributed by atoms with van der Waals surface area (Å²) in [6, 6.07) is 10.6. The summed E-state index contributed by atoms with van der Waals surface area (Å²) in [7, 11) is -3.05. The van der Waals surface area contributed by atoms with E-state index in [2.05, 4.69) is 4.98 Å². The van der Waals surface area contributed by atoms with Crippen LogP contribution in [0, 0.1) is 26.6 Å². The molecule has 1 aromatic heterocycles. The number of carbonyl (C=O) groups excluding carboxylic acids is 2. The number of aromatic nitrogens is 1. The number of benzene rings is 2. The maximum absolute atomic E-state index is 14.2. The molecule has 4 rings (SSSR count). The smallest absolute Gasteiger partial charge is 0.270 e. The van der Waals surface area contributed by atoms with Crippen molar-refractivity contribution in [2.45, 2.75) is 27.2 Å². The third-order valence-electron chi connectivity index (χ3n) is 5.79. The highest BCUT2D eigenvalue weighted by molar-refractivity contribution is 7.95. The molecule has 1 N–H and O–H groups in total. The van der Waals surface area contributed by atoms with Gasteiger partial charge in [-0.15, -0.1) is 0 Å². The van der Waals surface area contributed by atoms with Gasteiger partial charge in [-0.25, -0.2) is 22.5 Å². The van der Waals surface area contributed by atoms with Crippen LogP contribution in [0.15, 0.2) is 65.6 Å². The number of nitrogens with zero attached hydrogens (tertiary/aromatic N) is 1. The topological polar surface area (TPSA) is 112 Å². The number of Topliss-reactive ketones (excluding diaryl/α,β-unsaturated/α-hetero) is 1. The fourth-order valence-corrected chi connectivity index (χ4v) is 5.20. The van der Waals surface area contributed by atoms with Crippen molar-refractivity contribution in [2.75, 3.05) is 7.11 Å². The molecule has 0 unspecified atom stereocenters. The van der Waals surface area contributed by atoms with E-state index in [4.69, 9.17) is 9.47 Å². The predicted octanol–water partition coefficient (Wildman–Crippen LogP) is 5.09. The van der Waals surface area contributed by atoms with Crippen LogP contribution in [0.3, 0.4) is 0 Å². The third-order valence-corrected chi connectivity index (χ3v) is 7.19. The monoisotopic (exact) mass is 536 g/mol. The lowest BCUT2D eigenvalue weighted by Crippen LogP contribution is -2.34. The first-order chi connectivity index (χ1) is 18.0. The average Bonchev–Trinajstić information content (AvgIpc) is 2.85. The summed E-state index contributed by atoms with van der Waals surface area (Å²) in [5, 5.41) is 0. The van der Waals surface area contributed by atoms with Gasteiger partial charge in [0.15, 0.2) is 5.78 Å². The number of amides is 1. The Labute approximate surface area is 219 Å². The minimum Gasteiger partial charge on any atom is -0.497 e. The van der Waals surface area contributed by atoms with Gasteiger partial charge < -0.3 is 9.47 Å². The van der Waals surface area contributed by atoms with Crippen molar-refractivity contribution < 1.29 is 31.9 Å². The summed E-state index contributed by atoms with van der Waals surface area (Å²) in [6.07, 6.45) is 4.00. The zero-order valence-corrected chi connectivity index (χ0v) is 22.0. The minimum absolute atomic E-state index is 0.0887. The molecule has 1 aliphatic rings. The van der Waals surface area contributed by atoms with Gasteiger partial charge in [-0.2, -0.15) is 0 Å². The summed E-state index contributed by atoms with van der Waals surface area (Å²) in [6.45, 7) is 5.59. The van der Waals surface area contributed by atoms with Crippen LogP contribution in [0.5, 0.6) is 17.4 Å². The SMILES string of the molecule is COc1cc(F)cc(-c2ccc(C(=O)NS(=O)(=O)C3=CC=CCC3=O)c(Oc3c(C)cc(C)cc3C)n2)c1. The maximum Gasteiger partial charge on any atom is 0.270 e. The molecule has 1 amide bonds. The summed E-state index contributed by atoms with van der Waals surface area (Å²) < 4.78 is 53.0. The minimum atomic E-state index is -4.46. The Morgan fingerprint density at radius 2 is 1.76 bits per heavy atom. The predicted molar refractivity (Wildman–Crippen MR) is 140 cm³/mol. The molecule has 0 radical (unpaired) electrons. The number of halogens is 1. The van der Waals surface area contributed by atoms with Crippen LogP contribution < -0.4 is 14.2 Å². The van der Waals surface area contributed by atoms with Gasteiger partial charge >= 0.3 is 0 Å². The van der Waals surface area contributed by atoms with Crippen molar-refractivity contribution in [1.29, 1.82) is 0 Å². The summed E-state index contributed by atoms with van der Waals surface area (Å²) in [5.74, 6) is -1.73. The number of hydrogen-bond donors (Lipinski definition) is 1. The first kappa shape index (κ1) is 26.7. The highest BCUT2D eigenvalue weighted by atomic mass is 32.2. The summed E-state index contributed by atoms with van der Waals surface area (Å²) in [5.41, 5.74) is 2.96. The van der Waals surface area contributed by atoms with Gasteiger partial charge in [0.2, 0.25) is 5.88 Å². The van der Waals surface area contributed by atoms with E-state index in [1.807, 2.05) is 37.6 Å². The van der Waals surface area contributed by atoms with E-state index in [9.17, 15) is 22.4 Å². The van der Waals surface area contributed by atoms with E-state index in [0.717, 1.165) is 22.8 Å². The molecule has 0 spiro atoms. The second-order valence-electron chi connectivity index (χ2n) is 8.78. The van der Waals surface area contributed by atoms with Crippen LogP contribution in [-0.4, -0.2) is 32.2 Å². The first-order valence-corrected chi connectivity index (χ1v) is 13.1. The quantitative estimate of drug-likeness (QED) is 0.448. The molecule has 0 saturated carbocycles. The molecule has 8 nitrogen and oxygen atoms in total. The number of methoxy groups -OCH3 is 1. The molecular weight excluding hydrogens is 511 g/mol. The fraction of sp³-hybridized carbons (Fsp3) is 0.179. The molecule has 38 heavy (non-hydrogen) atoms. The maximum atomic E-state index is 14.2. The van der Waals surface area contributed by atoms with Gasteiger partial charge in [0.25, 0.3) is 15.9 Å². The second-order valence-corrected chi connectivity index (χ2v) is 10.4. The van der Waals surface area contributed by atoms with Gasteiger partial charge in [-0.3, -0.25) is 9.59 Å². The number of nitrogens with one attached hydrogen (secondary N) is 1. The third kappa shape index (κ3) is 5.65. The van der Waals surface area contributed by atoms with Crippen molar-refractivity contribution in [3.8, 4) is 28.6 Å². The van der Waals surface area contributed by atoms with Crippen molar-refractivity contribution in [3.05, 3.63) is 93.7 Å². The number of hydrogen-bond acceptors (Lipinski definition) is 7. The lowest BCUT2D eigenvalue weighted by Gasteiger charge is -2.16. The lowest BCUT2D eigenvalue weighted by atomic mass is 10.1. The molecule has 0 atom stereocenters. The van der Waals surface area contributed by atoms with E-state index >= 15 is 0 Å². The molecule has 0 saturated heterocycles. The van der Waals surface area contributed by atoms with E-state index in [0.29, 0.717) is 11.3 Å². The highest BCUT2D eigenvalue weighted by Crippen LogP contribution is 2.33. The Morgan fingerprint density at radius 1 is 1.05 bits per heavy atom. The number of sulfonamides is 1. The molecule has 0 aliphatic heterocycles. The van der Waals surface area contributed by atoms with Gasteiger partial charge in [0.1, 0.15) is 27.8 Å². The Morgan fingerprint density at radius 3 is 2.42 bits per heavy atom. The van der Waals surface area contributed by atoms with Crippen LogP contribution in [-0.2, 0) is 14.8 Å². The van der Waals surface area contributed by atoms with Crippen LogP contribution in [0.25, 0.3) is 11.3 Å². The number of allylic oxidation sites excluding steroid dienone is 4. The Balaban J connectivity index is 1.80. The summed E-state index contributed by atoms with van der Waals surface area (Å²) >= 11 is 0. The average molecular weight is 537 g/mol. The van der Waals surface area contributed by atoms with E-state index in [-0.39, 0.29) is 29.3 Å². The van der Waals surface area contributed by atoms with Crippen molar-refractivity contribution in [3.63, 3.8) is 0 Å². The van der Waals surface area contributed by atoms with E-state index < -0.39 is 32.4 Å². The Bertz CT molecular complexity index is 1600. The highest BCUT2D eigenvalue weighted by Gasteiger charge is 2.29. The number of pyridine rings is 1. The molecule has 196 valence electrons. The molecule has 0 fully saturated rings. The second kappa shape index (κ2) is 10.6. The van der Waals surface area contributed by atoms with Crippen LogP contribution in [0.2, 0.25) is 0 Å². The zero-order chi connectivity index (χ0) is 27.6. The first-order valence-electron chi connectivity index (χ1n) is 11.6. The van der Waals surface area contributed by atoms with E-state index in [1.165, 1.54) is 43.5 Å². The van der Waals surface area contributed by atoms with E-state index in [1.54, 1.807) is 6.07 Å². The van der Waals surface area contributed by atoms with Crippen LogP contribution >= 0.6 is 0 Å². The molecule has 1 aliphatic carbocycles. The van der Waals surface area contributed by atoms with Crippen molar-refractivity contribution in [2.24, 2.45) is 0 Å². The fourth-order valence-electron chi connectivity index (χ4n) is 4.10. The van der Waals surface area contributed by atoms with Gasteiger partial charge in [-0.05, 0) is 62.2 Å². The number of aryl methyl sites for hydroxylation is 3. The zero-order valence-electron chi connectivity index (χ0n) is 21.2. The van der Waals surface area contributed by atoms with Crippen LogP contribution in [0.1, 0.15) is 33.5 Å². The number of ketones is 1. The van der Waals surface area contributed by atoms with Crippen molar-refractivity contribution >= 4 is 21.7 Å². The molecule has 10 heteroatoms. The molecule has 0 bridgehead atoms. The van der Waals surface area contributed by atoms with Gasteiger partial charge in [0, 0.05) is 18.1 Å². The summed E-state index contributed by atoms with van der Waals surface area (Å²) in [4.78, 5) is 29.3. The molecule has 2 aromatic carbocycles. The van der Waals surface area contributed by atoms with Gasteiger partial charge in [0.05, 0.1) is 12.8 Å². The molecule has 1 heterocycles. The normalized spacial score (nSPS) is 13.2. The Kier molecular flexibility index (Phi) is 7.45. The number of carbonyl (C=O) groups is 2.